The molecule has 17 heavy (non-hydrogen) atoms. The summed E-state index contributed by atoms with van der Waals surface area (Å²) in [7, 11) is 1.76. The molecule has 0 heterocycles. The highest BCUT2D eigenvalue weighted by molar-refractivity contribution is 8.00. The maximum atomic E-state index is 13.6. The van der Waals surface area contributed by atoms with E-state index in [-0.39, 0.29) is 16.6 Å². The molecule has 0 bridgehead atoms. The van der Waals surface area contributed by atoms with Gasteiger partial charge in [-0.25, -0.2) is 8.78 Å². The Morgan fingerprint density at radius 2 is 1.94 bits per heavy atom. The van der Waals surface area contributed by atoms with Gasteiger partial charge in [-0.15, -0.1) is 0 Å². The van der Waals surface area contributed by atoms with Gasteiger partial charge in [0.15, 0.2) is 0 Å². The summed E-state index contributed by atoms with van der Waals surface area (Å²) in [5.74, 6) is -0.0527. The van der Waals surface area contributed by atoms with Crippen molar-refractivity contribution < 1.29 is 8.78 Å². The average molecular weight is 259 g/mol. The third kappa shape index (κ3) is 4.64. The van der Waals surface area contributed by atoms with Crippen molar-refractivity contribution in [2.75, 3.05) is 12.8 Å². The molecule has 0 radical (unpaired) electrons. The average Bonchev–Trinajstić information content (AvgIpc) is 2.22. The molecule has 0 spiro atoms. The molecule has 1 N–H and O–H groups in total. The lowest BCUT2D eigenvalue weighted by Gasteiger charge is -2.23. The minimum Gasteiger partial charge on any atom is -0.312 e. The normalized spacial score (nSPS) is 13.8. The van der Waals surface area contributed by atoms with E-state index in [0.717, 1.165) is 6.07 Å². The van der Waals surface area contributed by atoms with Crippen molar-refractivity contribution in [3.63, 3.8) is 0 Å². The Bertz CT molecular complexity index is 374. The van der Waals surface area contributed by atoms with E-state index >= 15 is 0 Å². The minimum absolute atomic E-state index is 0.110. The van der Waals surface area contributed by atoms with Crippen LogP contribution >= 0.6 is 11.8 Å². The minimum atomic E-state index is -0.401. The van der Waals surface area contributed by atoms with Gasteiger partial charge in [0.25, 0.3) is 0 Å². The molecule has 1 rings (SSSR count). The summed E-state index contributed by atoms with van der Waals surface area (Å²) < 4.78 is 26.8. The van der Waals surface area contributed by atoms with Crippen molar-refractivity contribution in [3.8, 4) is 0 Å². The first-order valence-electron chi connectivity index (χ1n) is 5.59. The summed E-state index contributed by atoms with van der Waals surface area (Å²) in [6.45, 7) is 6.31. The van der Waals surface area contributed by atoms with Crippen molar-refractivity contribution in [1.29, 1.82) is 0 Å². The number of hydrogen-bond acceptors (Lipinski definition) is 2. The fraction of sp³-hybridized carbons (Fsp3) is 0.538. The van der Waals surface area contributed by atoms with Crippen molar-refractivity contribution in [2.24, 2.45) is 0 Å². The molecule has 0 aliphatic carbocycles. The predicted octanol–water partition coefficient (Wildman–Crippen LogP) is 3.76. The van der Waals surface area contributed by atoms with E-state index in [1.54, 1.807) is 18.8 Å². The monoisotopic (exact) mass is 259 g/mol. The van der Waals surface area contributed by atoms with Crippen LogP contribution in [0.1, 0.15) is 32.4 Å². The van der Waals surface area contributed by atoms with Crippen LogP contribution < -0.4 is 5.32 Å². The standard InChI is InChI=1S/C13H19F2NS/c1-13(2,3)17-8-12(16-4)10-7-9(14)5-6-11(10)15/h5-7,12,16H,8H2,1-4H3. The molecule has 1 atom stereocenters. The fourth-order valence-corrected chi connectivity index (χ4v) is 2.46. The van der Waals surface area contributed by atoms with Gasteiger partial charge in [-0.3, -0.25) is 0 Å². The highest BCUT2D eigenvalue weighted by Crippen LogP contribution is 2.29. The zero-order valence-corrected chi connectivity index (χ0v) is 11.5. The summed E-state index contributed by atoms with van der Waals surface area (Å²) in [5.41, 5.74) is 0.393. The highest BCUT2D eigenvalue weighted by atomic mass is 32.2. The first kappa shape index (κ1) is 14.5. The summed E-state index contributed by atoms with van der Waals surface area (Å²) in [6.07, 6.45) is 0. The Morgan fingerprint density at radius 1 is 1.29 bits per heavy atom. The Hall–Kier alpha value is -0.610. The smallest absolute Gasteiger partial charge is 0.128 e. The van der Waals surface area contributed by atoms with Crippen molar-refractivity contribution in [2.45, 2.75) is 31.6 Å². The summed E-state index contributed by atoms with van der Waals surface area (Å²) in [6, 6.07) is 3.41. The molecule has 0 aliphatic heterocycles. The second-order valence-electron chi connectivity index (χ2n) is 4.93. The summed E-state index contributed by atoms with van der Waals surface area (Å²) in [5, 5.41) is 3.03. The topological polar surface area (TPSA) is 12.0 Å². The maximum absolute atomic E-state index is 13.6. The molecular formula is C13H19F2NS. The van der Waals surface area contributed by atoms with E-state index < -0.39 is 5.82 Å². The van der Waals surface area contributed by atoms with Crippen LogP contribution in [-0.4, -0.2) is 17.5 Å². The molecule has 1 unspecified atom stereocenters. The second-order valence-corrected chi connectivity index (χ2v) is 6.78. The van der Waals surface area contributed by atoms with Gasteiger partial charge < -0.3 is 5.32 Å². The van der Waals surface area contributed by atoms with Crippen molar-refractivity contribution in [1.82, 2.24) is 5.32 Å². The van der Waals surface area contributed by atoms with Gasteiger partial charge in [-0.05, 0) is 25.2 Å². The number of benzene rings is 1. The van der Waals surface area contributed by atoms with E-state index in [4.69, 9.17) is 0 Å². The van der Waals surface area contributed by atoms with Crippen LogP contribution in [0.3, 0.4) is 0 Å². The molecule has 0 saturated heterocycles. The molecular weight excluding hydrogens is 240 g/mol. The molecule has 1 nitrogen and oxygen atoms in total. The SMILES string of the molecule is CNC(CSC(C)(C)C)c1cc(F)ccc1F. The molecule has 1 aromatic rings. The van der Waals surface area contributed by atoms with E-state index in [1.807, 2.05) is 0 Å². The molecule has 0 saturated carbocycles. The van der Waals surface area contributed by atoms with Crippen LogP contribution in [0.2, 0.25) is 0 Å². The first-order chi connectivity index (χ1) is 7.83. The quantitative estimate of drug-likeness (QED) is 0.883. The fourth-order valence-electron chi connectivity index (χ4n) is 1.44. The largest absolute Gasteiger partial charge is 0.312 e. The van der Waals surface area contributed by atoms with Crippen molar-refractivity contribution in [3.05, 3.63) is 35.4 Å². The van der Waals surface area contributed by atoms with E-state index in [9.17, 15) is 8.78 Å². The summed E-state index contributed by atoms with van der Waals surface area (Å²) in [4.78, 5) is 0. The lowest BCUT2D eigenvalue weighted by atomic mass is 10.1. The van der Waals surface area contributed by atoms with Gasteiger partial charge in [0.05, 0.1) is 0 Å². The molecule has 0 aliphatic rings. The van der Waals surface area contributed by atoms with Gasteiger partial charge >= 0.3 is 0 Å². The third-order valence-corrected chi connectivity index (χ3v) is 3.73. The van der Waals surface area contributed by atoms with Crippen LogP contribution in [0.4, 0.5) is 8.78 Å². The predicted molar refractivity (Wildman–Crippen MR) is 70.4 cm³/mol. The van der Waals surface area contributed by atoms with Crippen molar-refractivity contribution >= 4 is 11.8 Å². The van der Waals surface area contributed by atoms with E-state index in [0.29, 0.717) is 11.3 Å². The Balaban J connectivity index is 2.82. The third-order valence-electron chi connectivity index (χ3n) is 2.36. The molecule has 96 valence electrons. The first-order valence-corrected chi connectivity index (χ1v) is 6.58. The van der Waals surface area contributed by atoms with E-state index in [1.165, 1.54) is 12.1 Å². The van der Waals surface area contributed by atoms with Gasteiger partial charge in [0, 0.05) is 22.1 Å². The van der Waals surface area contributed by atoms with Gasteiger partial charge in [0.2, 0.25) is 0 Å². The molecule has 1 aromatic carbocycles. The highest BCUT2D eigenvalue weighted by Gasteiger charge is 2.19. The zero-order chi connectivity index (χ0) is 13.1. The molecule has 0 fully saturated rings. The number of rotatable bonds is 4. The lowest BCUT2D eigenvalue weighted by molar-refractivity contribution is 0.548. The Morgan fingerprint density at radius 3 is 2.47 bits per heavy atom. The Kier molecular flexibility index (Phi) is 4.95. The van der Waals surface area contributed by atoms with E-state index in [2.05, 4.69) is 26.1 Å². The molecule has 0 aromatic heterocycles. The number of nitrogens with one attached hydrogen (secondary N) is 1. The van der Waals surface area contributed by atoms with Crippen LogP contribution in [-0.2, 0) is 0 Å². The molecule has 0 amide bonds. The van der Waals surface area contributed by atoms with Crippen LogP contribution in [0.15, 0.2) is 18.2 Å². The van der Waals surface area contributed by atoms with Crippen LogP contribution in [0, 0.1) is 11.6 Å². The zero-order valence-electron chi connectivity index (χ0n) is 10.7. The number of thioether (sulfide) groups is 1. The maximum Gasteiger partial charge on any atom is 0.128 e. The van der Waals surface area contributed by atoms with Gasteiger partial charge in [-0.2, -0.15) is 11.8 Å². The number of halogens is 2. The lowest BCUT2D eigenvalue weighted by Crippen LogP contribution is -2.23. The summed E-state index contributed by atoms with van der Waals surface area (Å²) >= 11 is 1.72. The van der Waals surface area contributed by atoms with Crippen LogP contribution in [0.25, 0.3) is 0 Å². The molecule has 4 heteroatoms. The van der Waals surface area contributed by atoms with Gasteiger partial charge in [-0.1, -0.05) is 20.8 Å². The van der Waals surface area contributed by atoms with Crippen LogP contribution in [0.5, 0.6) is 0 Å². The Labute approximate surface area is 106 Å². The number of hydrogen-bond donors (Lipinski definition) is 1. The van der Waals surface area contributed by atoms with Gasteiger partial charge in [0.1, 0.15) is 11.6 Å². The second kappa shape index (κ2) is 5.83.